The Labute approximate surface area is 149 Å². The summed E-state index contributed by atoms with van der Waals surface area (Å²) >= 11 is 0. The van der Waals surface area contributed by atoms with E-state index in [9.17, 15) is 0 Å². The van der Waals surface area contributed by atoms with Crippen LogP contribution in [0.2, 0.25) is 0 Å². The predicted molar refractivity (Wildman–Crippen MR) is 99.2 cm³/mol. The molecule has 0 bridgehead atoms. The van der Waals surface area contributed by atoms with Crippen molar-refractivity contribution in [2.75, 3.05) is 27.3 Å². The van der Waals surface area contributed by atoms with Crippen LogP contribution in [-0.2, 0) is 13.1 Å². The number of methoxy groups -OCH3 is 2. The highest BCUT2D eigenvalue weighted by Gasteiger charge is 2.05. The molecule has 0 atom stereocenters. The van der Waals surface area contributed by atoms with Crippen LogP contribution in [0.15, 0.2) is 41.7 Å². The summed E-state index contributed by atoms with van der Waals surface area (Å²) in [5.41, 5.74) is 1.01. The number of nitrogens with one attached hydrogen (secondary N) is 2. The summed E-state index contributed by atoms with van der Waals surface area (Å²) in [5, 5.41) is 10.8. The minimum atomic E-state index is 0.529. The topological polar surface area (TPSA) is 72.7 Å². The van der Waals surface area contributed by atoms with Crippen molar-refractivity contribution in [2.45, 2.75) is 26.4 Å². The van der Waals surface area contributed by atoms with Crippen molar-refractivity contribution >= 4 is 5.96 Å². The van der Waals surface area contributed by atoms with Crippen molar-refractivity contribution in [3.05, 3.63) is 42.2 Å². The van der Waals surface area contributed by atoms with Gasteiger partial charge in [-0.2, -0.15) is 5.10 Å². The van der Waals surface area contributed by atoms with Gasteiger partial charge >= 0.3 is 0 Å². The van der Waals surface area contributed by atoms with Gasteiger partial charge in [-0.15, -0.1) is 0 Å². The zero-order valence-electron chi connectivity index (χ0n) is 15.2. The number of nitrogens with zero attached hydrogens (tertiary/aromatic N) is 3. The Morgan fingerprint density at radius 2 is 2.12 bits per heavy atom. The summed E-state index contributed by atoms with van der Waals surface area (Å²) in [6, 6.07) is 7.69. The summed E-state index contributed by atoms with van der Waals surface area (Å²) < 4.78 is 12.6. The number of aryl methyl sites for hydroxylation is 1. The largest absolute Gasteiger partial charge is 0.497 e. The van der Waals surface area contributed by atoms with Crippen LogP contribution in [0.1, 0.15) is 18.9 Å². The first kappa shape index (κ1) is 18.6. The van der Waals surface area contributed by atoms with Gasteiger partial charge in [-0.1, -0.05) is 0 Å². The van der Waals surface area contributed by atoms with Crippen LogP contribution in [-0.4, -0.2) is 43.0 Å². The first-order chi connectivity index (χ1) is 12.3. The normalized spacial score (nSPS) is 11.2. The lowest BCUT2D eigenvalue weighted by Gasteiger charge is -2.13. The fourth-order valence-corrected chi connectivity index (χ4v) is 2.37. The summed E-state index contributed by atoms with van der Waals surface area (Å²) in [6.07, 6.45) is 4.73. The summed E-state index contributed by atoms with van der Waals surface area (Å²) in [7, 11) is 3.30. The van der Waals surface area contributed by atoms with Crippen LogP contribution >= 0.6 is 0 Å². The molecule has 0 aliphatic carbocycles. The van der Waals surface area contributed by atoms with E-state index in [1.165, 1.54) is 0 Å². The molecule has 25 heavy (non-hydrogen) atoms. The van der Waals surface area contributed by atoms with E-state index in [1.54, 1.807) is 20.4 Å². The quantitative estimate of drug-likeness (QED) is 0.413. The smallest absolute Gasteiger partial charge is 0.191 e. The summed E-state index contributed by atoms with van der Waals surface area (Å²) in [5.74, 6) is 2.34. The van der Waals surface area contributed by atoms with Gasteiger partial charge in [0.2, 0.25) is 0 Å². The predicted octanol–water partition coefficient (Wildman–Crippen LogP) is 2.05. The van der Waals surface area contributed by atoms with Gasteiger partial charge in [0.05, 0.1) is 20.8 Å². The fourth-order valence-electron chi connectivity index (χ4n) is 2.37. The van der Waals surface area contributed by atoms with Crippen LogP contribution in [0.3, 0.4) is 0 Å². The van der Waals surface area contributed by atoms with Gasteiger partial charge in [0.25, 0.3) is 0 Å². The number of hydrogen-bond donors (Lipinski definition) is 2. The molecule has 2 N–H and O–H groups in total. The highest BCUT2D eigenvalue weighted by atomic mass is 16.5. The molecule has 0 aliphatic heterocycles. The van der Waals surface area contributed by atoms with Crippen molar-refractivity contribution in [2.24, 2.45) is 4.99 Å². The Morgan fingerprint density at radius 1 is 1.24 bits per heavy atom. The second-order valence-electron chi connectivity index (χ2n) is 5.42. The van der Waals surface area contributed by atoms with Crippen LogP contribution in [0.4, 0.5) is 0 Å². The number of aromatic nitrogens is 2. The Bertz CT molecular complexity index is 655. The molecule has 0 saturated heterocycles. The highest BCUT2D eigenvalue weighted by Crippen LogP contribution is 2.25. The Kier molecular flexibility index (Phi) is 7.62. The first-order valence-corrected chi connectivity index (χ1v) is 8.47. The van der Waals surface area contributed by atoms with Crippen LogP contribution < -0.4 is 20.1 Å². The molecule has 136 valence electrons. The molecule has 1 heterocycles. The number of hydrogen-bond acceptors (Lipinski definition) is 4. The van der Waals surface area contributed by atoms with Crippen LogP contribution in [0.5, 0.6) is 11.5 Å². The van der Waals surface area contributed by atoms with Crippen LogP contribution in [0.25, 0.3) is 0 Å². The first-order valence-electron chi connectivity index (χ1n) is 8.47. The number of benzene rings is 1. The molecule has 0 unspecified atom stereocenters. The molecule has 7 nitrogen and oxygen atoms in total. The van der Waals surface area contributed by atoms with E-state index in [1.807, 2.05) is 35.1 Å². The van der Waals surface area contributed by atoms with Crippen molar-refractivity contribution in [3.63, 3.8) is 0 Å². The Morgan fingerprint density at radius 3 is 2.80 bits per heavy atom. The zero-order chi connectivity index (χ0) is 17.9. The van der Waals surface area contributed by atoms with Crippen molar-refractivity contribution in [1.29, 1.82) is 0 Å². The Hall–Kier alpha value is -2.70. The summed E-state index contributed by atoms with van der Waals surface area (Å²) in [4.78, 5) is 4.63. The SMILES string of the molecule is CCNC(=NCc1ccc(OC)cc1OC)NCCCn1cccn1. The molecular weight excluding hydrogens is 318 g/mol. The summed E-state index contributed by atoms with van der Waals surface area (Å²) in [6.45, 7) is 5.10. The maximum absolute atomic E-state index is 5.42. The van der Waals surface area contributed by atoms with E-state index in [0.717, 1.165) is 49.1 Å². The maximum Gasteiger partial charge on any atom is 0.191 e. The lowest BCUT2D eigenvalue weighted by molar-refractivity contribution is 0.391. The Balaban J connectivity index is 1.90. The highest BCUT2D eigenvalue weighted by molar-refractivity contribution is 5.79. The standard InChI is InChI=1S/C18H27N5O2/c1-4-19-18(20-9-5-11-23-12-6-10-22-23)21-14-15-7-8-16(24-2)13-17(15)25-3/h6-8,10,12-13H,4-5,9,11,14H2,1-3H3,(H2,19,20,21). The lowest BCUT2D eigenvalue weighted by Crippen LogP contribution is -2.38. The lowest BCUT2D eigenvalue weighted by atomic mass is 10.2. The minimum Gasteiger partial charge on any atom is -0.497 e. The molecule has 0 fully saturated rings. The van der Waals surface area contributed by atoms with Crippen molar-refractivity contribution < 1.29 is 9.47 Å². The van der Waals surface area contributed by atoms with E-state index in [2.05, 4.69) is 27.6 Å². The maximum atomic E-state index is 5.42. The molecule has 0 saturated carbocycles. The molecule has 0 radical (unpaired) electrons. The molecule has 0 amide bonds. The molecule has 0 spiro atoms. The van der Waals surface area contributed by atoms with E-state index < -0.39 is 0 Å². The van der Waals surface area contributed by atoms with Gasteiger partial charge in [0, 0.05) is 43.7 Å². The third-order valence-corrected chi connectivity index (χ3v) is 3.66. The number of guanidine groups is 1. The molecule has 1 aromatic carbocycles. The third kappa shape index (κ3) is 6.02. The monoisotopic (exact) mass is 345 g/mol. The number of rotatable bonds is 9. The van der Waals surface area contributed by atoms with Gasteiger partial charge < -0.3 is 20.1 Å². The molecule has 0 aliphatic rings. The van der Waals surface area contributed by atoms with Gasteiger partial charge in [-0.05, 0) is 31.5 Å². The van der Waals surface area contributed by atoms with Crippen molar-refractivity contribution in [3.8, 4) is 11.5 Å². The van der Waals surface area contributed by atoms with Crippen molar-refractivity contribution in [1.82, 2.24) is 20.4 Å². The second-order valence-corrected chi connectivity index (χ2v) is 5.42. The van der Waals surface area contributed by atoms with E-state index in [0.29, 0.717) is 6.54 Å². The fraction of sp³-hybridized carbons (Fsp3) is 0.444. The van der Waals surface area contributed by atoms with E-state index >= 15 is 0 Å². The average Bonchev–Trinajstić information content (AvgIpc) is 3.16. The second kappa shape index (κ2) is 10.2. The number of ether oxygens (including phenoxy) is 2. The minimum absolute atomic E-state index is 0.529. The zero-order valence-corrected chi connectivity index (χ0v) is 15.2. The molecule has 2 aromatic rings. The third-order valence-electron chi connectivity index (χ3n) is 3.66. The van der Waals surface area contributed by atoms with Crippen LogP contribution in [0, 0.1) is 0 Å². The average molecular weight is 345 g/mol. The van der Waals surface area contributed by atoms with Gasteiger partial charge in [-0.25, -0.2) is 4.99 Å². The van der Waals surface area contributed by atoms with Gasteiger partial charge in [-0.3, -0.25) is 4.68 Å². The molecule has 1 aromatic heterocycles. The molecular formula is C18H27N5O2. The van der Waals surface area contributed by atoms with Gasteiger partial charge in [0.15, 0.2) is 5.96 Å². The van der Waals surface area contributed by atoms with E-state index in [4.69, 9.17) is 9.47 Å². The van der Waals surface area contributed by atoms with E-state index in [-0.39, 0.29) is 0 Å². The van der Waals surface area contributed by atoms with Gasteiger partial charge in [0.1, 0.15) is 11.5 Å². The molecule has 7 heteroatoms. The molecule has 2 rings (SSSR count). The number of aliphatic imine (C=N–C) groups is 1.